The van der Waals surface area contributed by atoms with Crippen LogP contribution in [0, 0.1) is 0 Å². The summed E-state index contributed by atoms with van der Waals surface area (Å²) in [7, 11) is 0. The number of carbonyl (C=O) groups is 1. The highest BCUT2D eigenvalue weighted by Crippen LogP contribution is 2.30. The highest BCUT2D eigenvalue weighted by molar-refractivity contribution is 6.15. The van der Waals surface area contributed by atoms with E-state index in [-0.39, 0.29) is 5.78 Å². The second-order valence-corrected chi connectivity index (χ2v) is 13.4. The first-order valence-corrected chi connectivity index (χ1v) is 20.2. The number of anilines is 2. The third-order valence-electron chi connectivity index (χ3n) is 9.44. The van der Waals surface area contributed by atoms with Crippen LogP contribution >= 0.6 is 0 Å². The maximum Gasteiger partial charge on any atom is 0.185 e. The number of allylic oxidation sites excluding steroid dienone is 2. The standard InChI is InChI=1S/C43H62N2O11/c46-43-39(35-37-1-7-41(8-2-37)44-11-15-47-19-23-51-27-31-55-32-28-52-24-20-48-16-12-44)5-6-40(43)36-38-3-9-42(10-4-38)45-13-17-49-21-25-53-29-33-56-34-30-54-26-22-50-18-14-45/h1-4,7-10,35-36H,5-6,11-34H2/b39-35+,40-36+. The molecule has 3 fully saturated rings. The molecule has 0 spiro atoms. The third kappa shape index (κ3) is 17.1. The lowest BCUT2D eigenvalue weighted by Crippen LogP contribution is -2.31. The van der Waals surface area contributed by atoms with Gasteiger partial charge in [-0.05, 0) is 60.4 Å². The molecule has 56 heavy (non-hydrogen) atoms. The number of hydrogen-bond acceptors (Lipinski definition) is 13. The van der Waals surface area contributed by atoms with E-state index < -0.39 is 0 Å². The van der Waals surface area contributed by atoms with Crippen molar-refractivity contribution < 1.29 is 52.2 Å². The molecule has 0 atom stereocenters. The Labute approximate surface area is 332 Å². The summed E-state index contributed by atoms with van der Waals surface area (Å²) in [5, 5.41) is 0. The van der Waals surface area contributed by atoms with Crippen molar-refractivity contribution in [3.63, 3.8) is 0 Å². The summed E-state index contributed by atoms with van der Waals surface area (Å²) in [5.41, 5.74) is 5.84. The number of benzene rings is 2. The average Bonchev–Trinajstić information content (AvgIpc) is 3.55. The van der Waals surface area contributed by atoms with E-state index in [1.54, 1.807) is 0 Å². The van der Waals surface area contributed by atoms with Crippen LogP contribution in [0.2, 0.25) is 0 Å². The molecular weight excluding hydrogens is 720 g/mol. The zero-order valence-corrected chi connectivity index (χ0v) is 33.0. The Balaban J connectivity index is 1.13. The van der Waals surface area contributed by atoms with Crippen molar-refractivity contribution in [1.29, 1.82) is 0 Å². The average molecular weight is 783 g/mol. The van der Waals surface area contributed by atoms with Crippen LogP contribution in [0.25, 0.3) is 12.2 Å². The number of ketones is 1. The molecule has 13 heteroatoms. The largest absolute Gasteiger partial charge is 0.377 e. The van der Waals surface area contributed by atoms with E-state index in [2.05, 4.69) is 58.3 Å². The van der Waals surface area contributed by atoms with Crippen LogP contribution < -0.4 is 9.80 Å². The number of hydrogen-bond donors (Lipinski definition) is 0. The fourth-order valence-electron chi connectivity index (χ4n) is 6.35. The second-order valence-electron chi connectivity index (χ2n) is 13.4. The molecule has 2 aromatic carbocycles. The Morgan fingerprint density at radius 1 is 0.339 bits per heavy atom. The first-order valence-electron chi connectivity index (χ1n) is 20.2. The van der Waals surface area contributed by atoms with E-state index in [4.69, 9.17) is 47.4 Å². The summed E-state index contributed by atoms with van der Waals surface area (Å²) in [6, 6.07) is 16.7. The molecule has 0 amide bonds. The number of rotatable bonds is 4. The van der Waals surface area contributed by atoms with Gasteiger partial charge >= 0.3 is 0 Å². The molecular formula is C43H62N2O11. The van der Waals surface area contributed by atoms with Crippen LogP contribution in [-0.4, -0.2) is 164 Å². The summed E-state index contributed by atoms with van der Waals surface area (Å²) in [5.74, 6) is 0.114. The maximum absolute atomic E-state index is 13.5. The van der Waals surface area contributed by atoms with E-state index in [0.717, 1.165) is 72.7 Å². The molecule has 0 radical (unpaired) electrons. The summed E-state index contributed by atoms with van der Waals surface area (Å²) < 4.78 is 56.7. The van der Waals surface area contributed by atoms with Gasteiger partial charge in [-0.25, -0.2) is 0 Å². The van der Waals surface area contributed by atoms with Crippen molar-refractivity contribution in [3.05, 3.63) is 70.8 Å². The van der Waals surface area contributed by atoms with Gasteiger partial charge in [0.1, 0.15) is 0 Å². The summed E-state index contributed by atoms with van der Waals surface area (Å²) in [6.07, 6.45) is 5.50. The highest BCUT2D eigenvalue weighted by atomic mass is 16.6. The molecule has 0 N–H and O–H groups in total. The first-order chi connectivity index (χ1) is 27.8. The molecule has 2 aromatic rings. The highest BCUT2D eigenvalue weighted by Gasteiger charge is 2.23. The van der Waals surface area contributed by atoms with Crippen molar-refractivity contribution in [2.45, 2.75) is 12.8 Å². The Hall–Kier alpha value is -3.21. The van der Waals surface area contributed by atoms with Crippen molar-refractivity contribution >= 4 is 29.3 Å². The molecule has 3 aliphatic rings. The van der Waals surface area contributed by atoms with Gasteiger partial charge in [-0.3, -0.25) is 4.79 Å². The van der Waals surface area contributed by atoms with E-state index in [1.165, 1.54) is 0 Å². The Kier molecular flexibility index (Phi) is 21.5. The number of carbonyl (C=O) groups excluding carboxylic acids is 1. The van der Waals surface area contributed by atoms with Crippen LogP contribution in [0.4, 0.5) is 11.4 Å². The van der Waals surface area contributed by atoms with Gasteiger partial charge in [0.2, 0.25) is 0 Å². The van der Waals surface area contributed by atoms with Crippen LogP contribution in [0.1, 0.15) is 24.0 Å². The molecule has 0 bridgehead atoms. The van der Waals surface area contributed by atoms with Crippen molar-refractivity contribution in [2.75, 3.05) is 168 Å². The minimum absolute atomic E-state index is 0.114. The van der Waals surface area contributed by atoms with Crippen LogP contribution in [0.5, 0.6) is 0 Å². The van der Waals surface area contributed by atoms with Gasteiger partial charge in [0.25, 0.3) is 0 Å². The van der Waals surface area contributed by atoms with Crippen molar-refractivity contribution in [2.24, 2.45) is 0 Å². The van der Waals surface area contributed by atoms with Crippen LogP contribution in [0.15, 0.2) is 59.7 Å². The molecule has 2 aliphatic heterocycles. The number of Topliss-reactive ketones (excluding diaryl/α,β-unsaturated/α-hetero) is 1. The fourth-order valence-corrected chi connectivity index (χ4v) is 6.35. The van der Waals surface area contributed by atoms with Gasteiger partial charge in [-0.2, -0.15) is 0 Å². The number of ether oxygens (including phenoxy) is 10. The Bertz CT molecular complexity index is 1280. The van der Waals surface area contributed by atoms with Gasteiger partial charge in [0, 0.05) is 48.7 Å². The van der Waals surface area contributed by atoms with Gasteiger partial charge in [-0.1, -0.05) is 24.3 Å². The maximum atomic E-state index is 13.5. The molecule has 1 aliphatic carbocycles. The van der Waals surface area contributed by atoms with E-state index >= 15 is 0 Å². The van der Waals surface area contributed by atoms with Crippen molar-refractivity contribution in [1.82, 2.24) is 0 Å². The van der Waals surface area contributed by atoms with E-state index in [1.807, 2.05) is 12.2 Å². The molecule has 13 nitrogen and oxygen atoms in total. The summed E-state index contributed by atoms with van der Waals surface area (Å²) in [4.78, 5) is 18.0. The lowest BCUT2D eigenvalue weighted by Gasteiger charge is -2.25. The lowest BCUT2D eigenvalue weighted by molar-refractivity contribution is -0.111. The molecule has 0 unspecified atom stereocenters. The first kappa shape index (κ1) is 43.9. The van der Waals surface area contributed by atoms with Gasteiger partial charge in [0.05, 0.1) is 132 Å². The van der Waals surface area contributed by atoms with E-state index in [0.29, 0.717) is 132 Å². The SMILES string of the molecule is O=C1/C(=C/c2ccc(N3CCOCCOCCOCCOCCOCC3)cc2)CC/C1=C\c1ccc(N2CCOCCOCCOCCOCCOCC2)cc1. The smallest absolute Gasteiger partial charge is 0.185 e. The zero-order chi connectivity index (χ0) is 38.7. The van der Waals surface area contributed by atoms with Gasteiger partial charge in [0.15, 0.2) is 5.78 Å². The quantitative estimate of drug-likeness (QED) is 0.411. The molecule has 2 heterocycles. The predicted molar refractivity (Wildman–Crippen MR) is 216 cm³/mol. The molecule has 310 valence electrons. The summed E-state index contributed by atoms with van der Waals surface area (Å²) >= 11 is 0. The zero-order valence-electron chi connectivity index (χ0n) is 33.0. The fraction of sp³-hybridized carbons (Fsp3) is 0.605. The Morgan fingerprint density at radius 2 is 0.571 bits per heavy atom. The van der Waals surface area contributed by atoms with Gasteiger partial charge < -0.3 is 57.2 Å². The van der Waals surface area contributed by atoms with E-state index in [9.17, 15) is 4.79 Å². The topological polar surface area (TPSA) is 116 Å². The Morgan fingerprint density at radius 3 is 0.821 bits per heavy atom. The minimum Gasteiger partial charge on any atom is -0.377 e. The number of nitrogens with zero attached hydrogens (tertiary/aromatic N) is 2. The molecule has 1 saturated carbocycles. The third-order valence-corrected chi connectivity index (χ3v) is 9.44. The molecule has 2 saturated heterocycles. The second kappa shape index (κ2) is 27.4. The predicted octanol–water partition coefficient (Wildman–Crippen LogP) is 4.32. The van der Waals surface area contributed by atoms with Gasteiger partial charge in [-0.15, -0.1) is 0 Å². The summed E-state index contributed by atoms with van der Waals surface area (Å²) in [6.45, 7) is 13.8. The van der Waals surface area contributed by atoms with Crippen molar-refractivity contribution in [3.8, 4) is 0 Å². The lowest BCUT2D eigenvalue weighted by atomic mass is 10.1. The minimum atomic E-state index is 0.114. The van der Waals surface area contributed by atoms with Crippen LogP contribution in [-0.2, 0) is 52.2 Å². The monoisotopic (exact) mass is 782 g/mol. The molecule has 0 aromatic heterocycles. The normalized spacial score (nSPS) is 23.0. The van der Waals surface area contributed by atoms with Crippen LogP contribution in [0.3, 0.4) is 0 Å². The molecule has 5 rings (SSSR count).